The van der Waals surface area contributed by atoms with E-state index in [2.05, 4.69) is 10.1 Å². The highest BCUT2D eigenvalue weighted by Crippen LogP contribution is 1.88. The van der Waals surface area contributed by atoms with E-state index in [0.717, 1.165) is 7.11 Å². The number of ether oxygens (including phenoxy) is 1. The molecule has 0 aliphatic carbocycles. The Kier molecular flexibility index (Phi) is 5.77. The number of carbonyl (C=O) groups is 2. The SMILES string of the molecule is COC(=O)[C@H](CO)NC(=O)[C@@H](N)CN. The van der Waals surface area contributed by atoms with Crippen LogP contribution >= 0.6 is 0 Å². The van der Waals surface area contributed by atoms with Crippen molar-refractivity contribution < 1.29 is 19.4 Å². The Balaban J connectivity index is 4.18. The van der Waals surface area contributed by atoms with Gasteiger partial charge in [0.15, 0.2) is 6.04 Å². The van der Waals surface area contributed by atoms with Gasteiger partial charge in [-0.25, -0.2) is 4.79 Å². The normalized spacial score (nSPS) is 14.3. The van der Waals surface area contributed by atoms with Crippen molar-refractivity contribution >= 4 is 11.9 Å². The first kappa shape index (κ1) is 12.8. The van der Waals surface area contributed by atoms with E-state index in [1.807, 2.05) is 0 Å². The third-order valence-electron chi connectivity index (χ3n) is 1.58. The van der Waals surface area contributed by atoms with Crippen molar-refractivity contribution in [3.8, 4) is 0 Å². The molecule has 0 radical (unpaired) electrons. The summed E-state index contributed by atoms with van der Waals surface area (Å²) >= 11 is 0. The maximum atomic E-state index is 11.1. The maximum Gasteiger partial charge on any atom is 0.330 e. The molecule has 0 fully saturated rings. The van der Waals surface area contributed by atoms with Crippen molar-refractivity contribution in [2.45, 2.75) is 12.1 Å². The van der Waals surface area contributed by atoms with Gasteiger partial charge in [-0.15, -0.1) is 0 Å². The molecule has 14 heavy (non-hydrogen) atoms. The highest BCUT2D eigenvalue weighted by Gasteiger charge is 2.22. The molecule has 0 saturated carbocycles. The summed E-state index contributed by atoms with van der Waals surface area (Å²) in [5.41, 5.74) is 10.4. The highest BCUT2D eigenvalue weighted by atomic mass is 16.5. The summed E-state index contributed by atoms with van der Waals surface area (Å²) in [5, 5.41) is 10.9. The smallest absolute Gasteiger partial charge is 0.330 e. The van der Waals surface area contributed by atoms with Crippen LogP contribution < -0.4 is 16.8 Å². The predicted molar refractivity (Wildman–Crippen MR) is 48.1 cm³/mol. The zero-order valence-electron chi connectivity index (χ0n) is 7.90. The molecule has 0 rings (SSSR count). The standard InChI is InChI=1S/C7H15N3O4/c1-14-7(13)5(3-11)10-6(12)4(9)2-8/h4-5,11H,2-3,8-9H2,1H3,(H,10,12)/t4-,5-/m0/s1. The number of nitrogens with two attached hydrogens (primary N) is 2. The summed E-state index contributed by atoms with van der Waals surface area (Å²) in [6, 6.07) is -1.99. The molecule has 0 aliphatic rings. The van der Waals surface area contributed by atoms with Gasteiger partial charge in [0.2, 0.25) is 5.91 Å². The minimum atomic E-state index is -1.09. The summed E-state index contributed by atoms with van der Waals surface area (Å²) < 4.78 is 4.33. The minimum Gasteiger partial charge on any atom is -0.467 e. The van der Waals surface area contributed by atoms with E-state index < -0.39 is 30.6 Å². The molecule has 82 valence electrons. The largest absolute Gasteiger partial charge is 0.467 e. The fourth-order valence-electron chi connectivity index (χ4n) is 0.707. The van der Waals surface area contributed by atoms with Gasteiger partial charge in [-0.1, -0.05) is 0 Å². The quantitative estimate of drug-likeness (QED) is 0.352. The van der Waals surface area contributed by atoms with Crippen LogP contribution in [0.1, 0.15) is 0 Å². The summed E-state index contributed by atoms with van der Waals surface area (Å²) in [7, 11) is 1.15. The van der Waals surface area contributed by atoms with E-state index in [-0.39, 0.29) is 6.54 Å². The maximum absolute atomic E-state index is 11.1. The van der Waals surface area contributed by atoms with Gasteiger partial charge in [-0.3, -0.25) is 4.79 Å². The van der Waals surface area contributed by atoms with Gasteiger partial charge in [0.25, 0.3) is 0 Å². The molecule has 1 amide bonds. The van der Waals surface area contributed by atoms with Crippen LogP contribution in [0.3, 0.4) is 0 Å². The lowest BCUT2D eigenvalue weighted by Gasteiger charge is -2.16. The Morgan fingerprint density at radius 1 is 1.57 bits per heavy atom. The molecule has 7 heteroatoms. The molecule has 0 aromatic heterocycles. The van der Waals surface area contributed by atoms with E-state index in [9.17, 15) is 9.59 Å². The Bertz CT molecular complexity index is 209. The number of nitrogens with one attached hydrogen (secondary N) is 1. The molecule has 7 nitrogen and oxygen atoms in total. The second-order valence-corrected chi connectivity index (χ2v) is 2.61. The lowest BCUT2D eigenvalue weighted by molar-refractivity contribution is -0.146. The van der Waals surface area contributed by atoms with Crippen molar-refractivity contribution in [1.29, 1.82) is 0 Å². The molecule has 6 N–H and O–H groups in total. The molecule has 0 saturated heterocycles. The Morgan fingerprint density at radius 3 is 2.50 bits per heavy atom. The molecule has 2 atom stereocenters. The molecule has 0 aliphatic heterocycles. The Hall–Kier alpha value is -1.18. The summed E-state index contributed by atoms with van der Waals surface area (Å²) in [6.07, 6.45) is 0. The van der Waals surface area contributed by atoms with Crippen molar-refractivity contribution in [2.24, 2.45) is 11.5 Å². The van der Waals surface area contributed by atoms with E-state index in [1.54, 1.807) is 0 Å². The van der Waals surface area contributed by atoms with Gasteiger partial charge >= 0.3 is 5.97 Å². The minimum absolute atomic E-state index is 0.0366. The Morgan fingerprint density at radius 2 is 2.14 bits per heavy atom. The number of rotatable bonds is 5. The first-order chi connectivity index (χ1) is 6.56. The van der Waals surface area contributed by atoms with Crippen LogP contribution in [0.15, 0.2) is 0 Å². The average molecular weight is 205 g/mol. The monoisotopic (exact) mass is 205 g/mol. The van der Waals surface area contributed by atoms with Crippen LogP contribution in [0.2, 0.25) is 0 Å². The molecule has 0 aromatic rings. The van der Waals surface area contributed by atoms with Gasteiger partial charge in [0.1, 0.15) is 0 Å². The molecule has 0 unspecified atom stereocenters. The van der Waals surface area contributed by atoms with Gasteiger partial charge < -0.3 is 26.6 Å². The molecule has 0 heterocycles. The third-order valence-corrected chi connectivity index (χ3v) is 1.58. The fourth-order valence-corrected chi connectivity index (χ4v) is 0.707. The van der Waals surface area contributed by atoms with Gasteiger partial charge in [0, 0.05) is 6.54 Å². The van der Waals surface area contributed by atoms with Crippen molar-refractivity contribution in [2.75, 3.05) is 20.3 Å². The van der Waals surface area contributed by atoms with Crippen LogP contribution in [-0.4, -0.2) is 49.3 Å². The van der Waals surface area contributed by atoms with Crippen LogP contribution in [0.5, 0.6) is 0 Å². The van der Waals surface area contributed by atoms with Crippen LogP contribution in [0.4, 0.5) is 0 Å². The predicted octanol–water partition coefficient (Wildman–Crippen LogP) is -3.08. The van der Waals surface area contributed by atoms with Crippen LogP contribution in [0, 0.1) is 0 Å². The third kappa shape index (κ3) is 3.69. The van der Waals surface area contributed by atoms with Crippen LogP contribution in [-0.2, 0) is 14.3 Å². The van der Waals surface area contributed by atoms with Crippen molar-refractivity contribution in [3.63, 3.8) is 0 Å². The number of methoxy groups -OCH3 is 1. The summed E-state index contributed by atoms with van der Waals surface area (Å²) in [5.74, 6) is -1.33. The highest BCUT2D eigenvalue weighted by molar-refractivity contribution is 5.87. The molecule has 0 bridgehead atoms. The van der Waals surface area contributed by atoms with Crippen molar-refractivity contribution in [1.82, 2.24) is 5.32 Å². The van der Waals surface area contributed by atoms with Gasteiger partial charge in [-0.05, 0) is 0 Å². The molecular weight excluding hydrogens is 190 g/mol. The first-order valence-electron chi connectivity index (χ1n) is 4.01. The number of aliphatic hydroxyl groups is 1. The molecular formula is C7H15N3O4. The molecule has 0 spiro atoms. The number of aliphatic hydroxyl groups excluding tert-OH is 1. The zero-order valence-corrected chi connectivity index (χ0v) is 7.90. The van der Waals surface area contributed by atoms with Gasteiger partial charge in [-0.2, -0.15) is 0 Å². The Labute approximate surface area is 81.4 Å². The summed E-state index contributed by atoms with van der Waals surface area (Å²) in [4.78, 5) is 22.0. The number of amides is 1. The number of hydrogen-bond acceptors (Lipinski definition) is 6. The van der Waals surface area contributed by atoms with Gasteiger partial charge in [0.05, 0.1) is 19.8 Å². The van der Waals surface area contributed by atoms with Crippen LogP contribution in [0.25, 0.3) is 0 Å². The zero-order chi connectivity index (χ0) is 11.1. The van der Waals surface area contributed by atoms with Crippen molar-refractivity contribution in [3.05, 3.63) is 0 Å². The second-order valence-electron chi connectivity index (χ2n) is 2.61. The number of hydrogen-bond donors (Lipinski definition) is 4. The topological polar surface area (TPSA) is 128 Å². The number of esters is 1. The second kappa shape index (κ2) is 6.30. The van der Waals surface area contributed by atoms with E-state index in [1.165, 1.54) is 0 Å². The van der Waals surface area contributed by atoms with E-state index in [0.29, 0.717) is 0 Å². The number of carbonyl (C=O) groups excluding carboxylic acids is 2. The van der Waals surface area contributed by atoms with E-state index >= 15 is 0 Å². The first-order valence-corrected chi connectivity index (χ1v) is 4.01. The van der Waals surface area contributed by atoms with E-state index in [4.69, 9.17) is 16.6 Å². The lowest BCUT2D eigenvalue weighted by Crippen LogP contribution is -2.52. The summed E-state index contributed by atoms with van der Waals surface area (Å²) in [6.45, 7) is -0.582. The fraction of sp³-hybridized carbons (Fsp3) is 0.714. The molecule has 0 aromatic carbocycles. The lowest BCUT2D eigenvalue weighted by atomic mass is 10.2. The average Bonchev–Trinajstić information content (AvgIpc) is 2.22.